The zero-order valence-electron chi connectivity index (χ0n) is 11.5. The van der Waals surface area contributed by atoms with E-state index in [9.17, 15) is 4.79 Å². The number of para-hydroxylation sites is 1. The molecule has 0 bridgehead atoms. The third-order valence-corrected chi connectivity index (χ3v) is 3.35. The molecule has 5 nitrogen and oxygen atoms in total. The minimum absolute atomic E-state index is 0.0292. The smallest absolute Gasteiger partial charge is 0.224 e. The van der Waals surface area contributed by atoms with Gasteiger partial charge in [0.25, 0.3) is 0 Å². The first kappa shape index (κ1) is 13.2. The van der Waals surface area contributed by atoms with Crippen molar-refractivity contribution in [2.45, 2.75) is 13.0 Å². The fraction of sp³-hybridized carbons (Fsp3) is 0.125. The van der Waals surface area contributed by atoms with Crippen LogP contribution in [0.15, 0.2) is 48.5 Å². The predicted molar refractivity (Wildman–Crippen MR) is 82.5 cm³/mol. The molecule has 0 spiro atoms. The molecule has 0 saturated carbocycles. The Labute approximate surface area is 122 Å². The lowest BCUT2D eigenvalue weighted by Crippen LogP contribution is -2.24. The van der Waals surface area contributed by atoms with Gasteiger partial charge in [-0.05, 0) is 23.8 Å². The Morgan fingerprint density at radius 1 is 1.14 bits per heavy atom. The topological polar surface area (TPSA) is 83.8 Å². The van der Waals surface area contributed by atoms with Crippen LogP contribution in [0.5, 0.6) is 0 Å². The van der Waals surface area contributed by atoms with Crippen molar-refractivity contribution in [1.82, 2.24) is 15.5 Å². The van der Waals surface area contributed by atoms with Crippen LogP contribution < -0.4 is 11.1 Å². The highest BCUT2D eigenvalue weighted by Gasteiger charge is 2.07. The number of nitrogen functional groups attached to an aromatic ring is 1. The SMILES string of the molecule is Nc1ccc(CC(=O)NCc2[nH]nc3ccccc23)cc1. The highest BCUT2D eigenvalue weighted by atomic mass is 16.1. The summed E-state index contributed by atoms with van der Waals surface area (Å²) in [7, 11) is 0. The number of carbonyl (C=O) groups is 1. The molecule has 0 atom stereocenters. The minimum Gasteiger partial charge on any atom is -0.399 e. The number of fused-ring (bicyclic) bond motifs is 1. The van der Waals surface area contributed by atoms with Crippen molar-refractivity contribution in [2.24, 2.45) is 0 Å². The van der Waals surface area contributed by atoms with Gasteiger partial charge in [0, 0.05) is 11.1 Å². The van der Waals surface area contributed by atoms with Crippen LogP contribution in [0.2, 0.25) is 0 Å². The van der Waals surface area contributed by atoms with E-state index < -0.39 is 0 Å². The molecule has 0 aliphatic heterocycles. The highest BCUT2D eigenvalue weighted by molar-refractivity contribution is 5.82. The predicted octanol–water partition coefficient (Wildman–Crippen LogP) is 2.00. The number of anilines is 1. The summed E-state index contributed by atoms with van der Waals surface area (Å²) < 4.78 is 0. The molecule has 5 heteroatoms. The van der Waals surface area contributed by atoms with Gasteiger partial charge in [-0.2, -0.15) is 5.10 Å². The number of benzene rings is 2. The van der Waals surface area contributed by atoms with Gasteiger partial charge < -0.3 is 11.1 Å². The molecule has 21 heavy (non-hydrogen) atoms. The summed E-state index contributed by atoms with van der Waals surface area (Å²) in [5, 5.41) is 11.1. The zero-order valence-corrected chi connectivity index (χ0v) is 11.5. The van der Waals surface area contributed by atoms with Gasteiger partial charge in [0.1, 0.15) is 0 Å². The quantitative estimate of drug-likeness (QED) is 0.639. The van der Waals surface area contributed by atoms with Gasteiger partial charge in [-0.3, -0.25) is 9.89 Å². The summed E-state index contributed by atoms with van der Waals surface area (Å²) in [6.45, 7) is 0.439. The summed E-state index contributed by atoms with van der Waals surface area (Å²) in [4.78, 5) is 12.0. The third-order valence-electron chi connectivity index (χ3n) is 3.35. The number of hydrogen-bond donors (Lipinski definition) is 3. The number of hydrogen-bond acceptors (Lipinski definition) is 3. The molecular formula is C16H16N4O. The number of rotatable bonds is 4. The number of aromatic amines is 1. The zero-order chi connectivity index (χ0) is 14.7. The fourth-order valence-electron chi connectivity index (χ4n) is 2.22. The highest BCUT2D eigenvalue weighted by Crippen LogP contribution is 2.14. The maximum Gasteiger partial charge on any atom is 0.224 e. The van der Waals surface area contributed by atoms with Crippen molar-refractivity contribution >= 4 is 22.5 Å². The van der Waals surface area contributed by atoms with E-state index in [1.807, 2.05) is 36.4 Å². The van der Waals surface area contributed by atoms with E-state index in [4.69, 9.17) is 5.73 Å². The number of H-pyrrole nitrogens is 1. The molecule has 1 aromatic heterocycles. The van der Waals surface area contributed by atoms with E-state index in [2.05, 4.69) is 15.5 Å². The van der Waals surface area contributed by atoms with Crippen LogP contribution in [0.4, 0.5) is 5.69 Å². The first-order valence-electron chi connectivity index (χ1n) is 6.75. The molecule has 3 rings (SSSR count). The second kappa shape index (κ2) is 5.66. The number of amides is 1. The van der Waals surface area contributed by atoms with E-state index in [0.29, 0.717) is 18.7 Å². The number of carbonyl (C=O) groups excluding carboxylic acids is 1. The molecule has 2 aromatic carbocycles. The number of nitrogens with zero attached hydrogens (tertiary/aromatic N) is 1. The van der Waals surface area contributed by atoms with Gasteiger partial charge in [0.15, 0.2) is 0 Å². The molecule has 4 N–H and O–H groups in total. The molecule has 0 aliphatic carbocycles. The molecule has 0 fully saturated rings. The number of nitrogens with one attached hydrogen (secondary N) is 2. The molecule has 3 aromatic rings. The summed E-state index contributed by atoms with van der Waals surface area (Å²) in [6.07, 6.45) is 0.340. The second-order valence-corrected chi connectivity index (χ2v) is 4.91. The Bertz CT molecular complexity index is 761. The molecule has 1 heterocycles. The molecule has 0 saturated heterocycles. The Morgan fingerprint density at radius 2 is 1.90 bits per heavy atom. The summed E-state index contributed by atoms with van der Waals surface area (Å²) >= 11 is 0. The summed E-state index contributed by atoms with van der Waals surface area (Å²) in [5.74, 6) is -0.0292. The van der Waals surface area contributed by atoms with Gasteiger partial charge >= 0.3 is 0 Å². The summed E-state index contributed by atoms with van der Waals surface area (Å²) in [6, 6.07) is 15.1. The van der Waals surface area contributed by atoms with Crippen molar-refractivity contribution in [3.05, 3.63) is 59.8 Å². The van der Waals surface area contributed by atoms with E-state index in [1.165, 1.54) is 0 Å². The molecule has 0 aliphatic rings. The van der Waals surface area contributed by atoms with Crippen LogP contribution in [0.3, 0.4) is 0 Å². The molecular weight excluding hydrogens is 264 g/mol. The minimum atomic E-state index is -0.0292. The van der Waals surface area contributed by atoms with E-state index in [-0.39, 0.29) is 5.91 Å². The molecule has 0 unspecified atom stereocenters. The Kier molecular flexibility index (Phi) is 3.55. The average molecular weight is 280 g/mol. The van der Waals surface area contributed by atoms with Crippen molar-refractivity contribution in [2.75, 3.05) is 5.73 Å². The van der Waals surface area contributed by atoms with Gasteiger partial charge in [0.2, 0.25) is 5.91 Å². The van der Waals surface area contributed by atoms with Crippen LogP contribution in [-0.4, -0.2) is 16.1 Å². The van der Waals surface area contributed by atoms with E-state index in [0.717, 1.165) is 22.2 Å². The molecule has 0 radical (unpaired) electrons. The second-order valence-electron chi connectivity index (χ2n) is 4.91. The van der Waals surface area contributed by atoms with Crippen LogP contribution in [-0.2, 0) is 17.8 Å². The lowest BCUT2D eigenvalue weighted by Gasteiger charge is -2.05. The maximum absolute atomic E-state index is 12.0. The Hall–Kier alpha value is -2.82. The van der Waals surface area contributed by atoms with E-state index in [1.54, 1.807) is 12.1 Å². The molecule has 1 amide bonds. The monoisotopic (exact) mass is 280 g/mol. The van der Waals surface area contributed by atoms with Crippen molar-refractivity contribution in [1.29, 1.82) is 0 Å². The standard InChI is InChI=1S/C16H16N4O/c17-12-7-5-11(6-8-12)9-16(21)18-10-15-13-3-1-2-4-14(13)19-20-15/h1-8H,9-10,17H2,(H,18,21)(H,19,20). The van der Waals surface area contributed by atoms with Crippen LogP contribution in [0, 0.1) is 0 Å². The van der Waals surface area contributed by atoms with Crippen LogP contribution >= 0.6 is 0 Å². The van der Waals surface area contributed by atoms with Crippen molar-refractivity contribution in [3.8, 4) is 0 Å². The Balaban J connectivity index is 1.62. The van der Waals surface area contributed by atoms with Gasteiger partial charge in [0.05, 0.1) is 24.2 Å². The first-order valence-corrected chi connectivity index (χ1v) is 6.75. The molecule has 106 valence electrons. The van der Waals surface area contributed by atoms with Crippen molar-refractivity contribution < 1.29 is 4.79 Å². The van der Waals surface area contributed by atoms with Gasteiger partial charge in [-0.15, -0.1) is 0 Å². The largest absolute Gasteiger partial charge is 0.399 e. The van der Waals surface area contributed by atoms with Crippen LogP contribution in [0.25, 0.3) is 10.9 Å². The van der Waals surface area contributed by atoms with Crippen LogP contribution in [0.1, 0.15) is 11.3 Å². The van der Waals surface area contributed by atoms with Gasteiger partial charge in [-0.1, -0.05) is 30.3 Å². The maximum atomic E-state index is 12.0. The number of nitrogens with two attached hydrogens (primary N) is 1. The van der Waals surface area contributed by atoms with Crippen molar-refractivity contribution in [3.63, 3.8) is 0 Å². The lowest BCUT2D eigenvalue weighted by molar-refractivity contribution is -0.120. The average Bonchev–Trinajstić information content (AvgIpc) is 2.91. The first-order chi connectivity index (χ1) is 10.2. The Morgan fingerprint density at radius 3 is 2.71 bits per heavy atom. The normalized spacial score (nSPS) is 10.7. The third kappa shape index (κ3) is 3.02. The van der Waals surface area contributed by atoms with Gasteiger partial charge in [-0.25, -0.2) is 0 Å². The fourth-order valence-corrected chi connectivity index (χ4v) is 2.22. The summed E-state index contributed by atoms with van der Waals surface area (Å²) in [5.41, 5.74) is 9.08. The van der Waals surface area contributed by atoms with E-state index >= 15 is 0 Å². The number of aromatic nitrogens is 2. The lowest BCUT2D eigenvalue weighted by atomic mass is 10.1.